The van der Waals surface area contributed by atoms with Crippen LogP contribution < -0.4 is 0 Å². The topological polar surface area (TPSA) is 9.23 Å². The number of rotatable bonds is 6. The third-order valence-corrected chi connectivity index (χ3v) is 3.26. The van der Waals surface area contributed by atoms with Gasteiger partial charge in [0.1, 0.15) is 6.07 Å². The van der Waals surface area contributed by atoms with Gasteiger partial charge in [0.15, 0.2) is 0 Å². The van der Waals surface area contributed by atoms with Crippen LogP contribution in [0.5, 0.6) is 0 Å². The Labute approximate surface area is 67.5 Å². The maximum Gasteiger partial charge on any atom is 0.125 e. The van der Waals surface area contributed by atoms with Gasteiger partial charge in [0.25, 0.3) is 0 Å². The van der Waals surface area contributed by atoms with Crippen molar-refractivity contribution in [2.45, 2.75) is 19.8 Å². The smallest absolute Gasteiger partial charge is 0.125 e. The highest BCUT2D eigenvalue weighted by Crippen LogP contribution is 2.30. The van der Waals surface area contributed by atoms with E-state index < -0.39 is 0 Å². The highest BCUT2D eigenvalue weighted by molar-refractivity contribution is 8.48. The lowest BCUT2D eigenvalue weighted by Crippen LogP contribution is -1.73. The van der Waals surface area contributed by atoms with E-state index in [-0.39, 0.29) is 0 Å². The van der Waals surface area contributed by atoms with Crippen LogP contribution in [0.4, 0.5) is 0 Å². The van der Waals surface area contributed by atoms with E-state index in [9.17, 15) is 0 Å². The predicted molar refractivity (Wildman–Crippen MR) is 47.5 cm³/mol. The summed E-state index contributed by atoms with van der Waals surface area (Å²) < 4.78 is 4.94. The molecule has 1 unspecified atom stereocenters. The molecular weight excluding hydrogens is 175 g/mol. The molecule has 0 saturated heterocycles. The molecule has 0 bridgehead atoms. The molecule has 0 rings (SSSR count). The zero-order valence-corrected chi connectivity index (χ0v) is 8.10. The lowest BCUT2D eigenvalue weighted by Gasteiger charge is -1.96. The van der Waals surface area contributed by atoms with Crippen molar-refractivity contribution in [2.75, 3.05) is 11.8 Å². The Hall–Kier alpha value is 1.03. The van der Waals surface area contributed by atoms with Crippen LogP contribution in [0.15, 0.2) is 0 Å². The molecule has 1 nitrogen and oxygen atoms in total. The molecule has 0 aromatic rings. The Bertz CT molecular complexity index is 50.2. The Morgan fingerprint density at radius 2 is 2.44 bits per heavy atom. The van der Waals surface area contributed by atoms with Gasteiger partial charge in [-0.05, 0) is 12.2 Å². The molecule has 9 heavy (non-hydrogen) atoms. The van der Waals surface area contributed by atoms with Crippen molar-refractivity contribution in [3.05, 3.63) is 0 Å². The van der Waals surface area contributed by atoms with Crippen LogP contribution >= 0.6 is 31.0 Å². The molecule has 0 spiro atoms. The summed E-state index contributed by atoms with van der Waals surface area (Å²) in [4.78, 5) is 0. The third kappa shape index (κ3) is 9.03. The van der Waals surface area contributed by atoms with Gasteiger partial charge in [-0.3, -0.25) is 0 Å². The van der Waals surface area contributed by atoms with Gasteiger partial charge < -0.3 is 4.52 Å². The molecule has 0 aromatic carbocycles. The minimum Gasteiger partial charge on any atom is -0.336 e. The van der Waals surface area contributed by atoms with Gasteiger partial charge in [0.05, 0.1) is 8.01 Å². The second-order valence-corrected chi connectivity index (χ2v) is 4.28. The average molecular weight is 187 g/mol. The quantitative estimate of drug-likeness (QED) is 0.358. The minimum atomic E-state index is 0.331. The van der Waals surface area contributed by atoms with Crippen molar-refractivity contribution >= 4 is 31.0 Å². The second-order valence-electron chi connectivity index (χ2n) is 1.54. The summed E-state index contributed by atoms with van der Waals surface area (Å²) in [5.41, 5.74) is 0. The minimum absolute atomic E-state index is 0.331. The summed E-state index contributed by atoms with van der Waals surface area (Å²) in [7, 11) is 0.527. The molecule has 0 N–H and O–H groups in total. The first-order valence-electron chi connectivity index (χ1n) is 2.96. The predicted octanol–water partition coefficient (Wildman–Crippen LogP) is 3.24. The van der Waals surface area contributed by atoms with Crippen molar-refractivity contribution in [2.24, 2.45) is 0 Å². The van der Waals surface area contributed by atoms with Crippen LogP contribution in [0.25, 0.3) is 0 Å². The molecule has 0 aliphatic rings. The average Bonchev–Trinajstić information content (AvgIpc) is 1.89. The van der Waals surface area contributed by atoms with E-state index in [1.807, 2.05) is 11.4 Å². The van der Waals surface area contributed by atoms with Crippen molar-refractivity contribution in [1.29, 1.82) is 0 Å². The van der Waals surface area contributed by atoms with Gasteiger partial charge >= 0.3 is 0 Å². The van der Waals surface area contributed by atoms with E-state index in [2.05, 4.69) is 6.92 Å². The largest absolute Gasteiger partial charge is 0.336 e. The zero-order chi connectivity index (χ0) is 6.95. The molecule has 0 aliphatic carbocycles. The molecule has 0 radical (unpaired) electrons. The van der Waals surface area contributed by atoms with Gasteiger partial charge in [0, 0.05) is 0 Å². The summed E-state index contributed by atoms with van der Waals surface area (Å²) in [6.07, 6.45) is 2.54. The van der Waals surface area contributed by atoms with E-state index in [0.717, 1.165) is 0 Å². The number of alkyl halides is 1. The summed E-state index contributed by atoms with van der Waals surface area (Å²) in [5.74, 6) is 1.20. The van der Waals surface area contributed by atoms with Crippen LogP contribution in [-0.2, 0) is 4.52 Å². The van der Waals surface area contributed by atoms with E-state index in [1.54, 1.807) is 0 Å². The summed E-state index contributed by atoms with van der Waals surface area (Å²) in [5, 5.41) is 0. The van der Waals surface area contributed by atoms with Gasteiger partial charge in [0.2, 0.25) is 0 Å². The summed E-state index contributed by atoms with van der Waals surface area (Å²) in [6, 6.07) is 0.331. The number of hydrogen-bond acceptors (Lipinski definition) is 2. The molecule has 0 saturated carbocycles. The van der Waals surface area contributed by atoms with Crippen LogP contribution in [0.3, 0.4) is 0 Å². The maximum absolute atomic E-state index is 5.29. The Kier molecular flexibility index (Phi) is 10.1. The van der Waals surface area contributed by atoms with Crippen LogP contribution in [0.1, 0.15) is 19.8 Å². The fraction of sp³-hybridized carbons (Fsp3) is 1.00. The highest BCUT2D eigenvalue weighted by atomic mass is 35.5. The van der Waals surface area contributed by atoms with E-state index in [0.29, 0.717) is 14.1 Å². The van der Waals surface area contributed by atoms with E-state index >= 15 is 0 Å². The molecule has 0 heterocycles. The van der Waals surface area contributed by atoms with Crippen LogP contribution in [-0.4, -0.2) is 11.8 Å². The van der Waals surface area contributed by atoms with Crippen LogP contribution in [0, 0.1) is 0 Å². The van der Waals surface area contributed by atoms with Gasteiger partial charge in [-0.1, -0.05) is 24.9 Å². The van der Waals surface area contributed by atoms with Crippen molar-refractivity contribution in [3.8, 4) is 0 Å². The Balaban J connectivity index is 2.60. The lowest BCUT2D eigenvalue weighted by molar-refractivity contribution is 0.454. The van der Waals surface area contributed by atoms with Crippen LogP contribution in [0.2, 0.25) is 0 Å². The van der Waals surface area contributed by atoms with Crippen molar-refractivity contribution < 1.29 is 4.52 Å². The molecular formula is C5H12ClOPS. The monoisotopic (exact) mass is 186 g/mol. The van der Waals surface area contributed by atoms with Crippen molar-refractivity contribution in [1.82, 2.24) is 0 Å². The molecule has 0 fully saturated rings. The number of hydrogen-bond donors (Lipinski definition) is 0. The summed E-state index contributed by atoms with van der Waals surface area (Å²) in [6.45, 7) is 2.19. The Morgan fingerprint density at radius 1 is 1.67 bits per heavy atom. The van der Waals surface area contributed by atoms with E-state index in [1.165, 1.54) is 18.6 Å². The van der Waals surface area contributed by atoms with Gasteiger partial charge in [-0.25, -0.2) is 0 Å². The molecule has 0 aliphatic heterocycles. The fourth-order valence-corrected chi connectivity index (χ4v) is 2.43. The highest BCUT2D eigenvalue weighted by Gasteiger charge is 1.86. The first-order valence-corrected chi connectivity index (χ1v) is 6.11. The number of unbranched alkanes of at least 4 members (excludes halogenated alkanes) is 1. The number of halogens is 1. The van der Waals surface area contributed by atoms with E-state index in [4.69, 9.17) is 16.1 Å². The molecule has 56 valence electrons. The molecule has 0 aromatic heterocycles. The second kappa shape index (κ2) is 9.03. The van der Waals surface area contributed by atoms with Crippen molar-refractivity contribution in [3.63, 3.8) is 0 Å². The standard InChI is InChI=1S/C5H12ClOPS/c1-2-3-4-9-8-7-5-6/h8H,2-5H2,1H3. The summed E-state index contributed by atoms with van der Waals surface area (Å²) >= 11 is 7.11. The lowest BCUT2D eigenvalue weighted by atomic mass is 10.4. The first-order chi connectivity index (χ1) is 4.41. The normalized spacial score (nSPS) is 11.3. The fourth-order valence-electron chi connectivity index (χ4n) is 0.322. The zero-order valence-electron chi connectivity index (χ0n) is 5.52. The third-order valence-electron chi connectivity index (χ3n) is 0.772. The maximum atomic E-state index is 5.29. The molecule has 4 heteroatoms. The molecule has 1 atom stereocenters. The Morgan fingerprint density at radius 3 is 3.00 bits per heavy atom. The molecule has 0 amide bonds. The van der Waals surface area contributed by atoms with Gasteiger partial charge in [-0.2, -0.15) is 0 Å². The van der Waals surface area contributed by atoms with Gasteiger partial charge in [-0.15, -0.1) is 11.4 Å². The first kappa shape index (κ1) is 10.0. The SMILES string of the molecule is CCCCSPOCCl.